The number of rotatable bonds is 6. The topological polar surface area (TPSA) is 57.1 Å². The number of carbonyl (C=O) groups is 1. The van der Waals surface area contributed by atoms with Crippen molar-refractivity contribution in [1.29, 1.82) is 0 Å². The first-order valence-corrected chi connectivity index (χ1v) is 12.4. The average Bonchev–Trinajstić information content (AvgIpc) is 3.14. The summed E-state index contributed by atoms with van der Waals surface area (Å²) in [5, 5.41) is 0. The second kappa shape index (κ2) is 10.3. The molecule has 0 unspecified atom stereocenters. The molecule has 5 nitrogen and oxygen atoms in total. The van der Waals surface area contributed by atoms with Crippen LogP contribution in [0.2, 0.25) is 0 Å². The Morgan fingerprint density at radius 3 is 2.56 bits per heavy atom. The van der Waals surface area contributed by atoms with Crippen LogP contribution in [0.1, 0.15) is 16.7 Å². The quantitative estimate of drug-likeness (QED) is 0.164. The molecule has 4 rings (SSSR count). The van der Waals surface area contributed by atoms with Crippen LogP contribution in [0.5, 0.6) is 11.5 Å². The van der Waals surface area contributed by atoms with Crippen LogP contribution in [-0.2, 0) is 16.1 Å². The number of carbonyl (C=O) groups excluding carboxylic acids is 1. The molecule has 0 bridgehead atoms. The molecule has 0 saturated carbocycles. The predicted molar refractivity (Wildman–Crippen MR) is 144 cm³/mol. The summed E-state index contributed by atoms with van der Waals surface area (Å²) in [5.74, 6) is 1.01. The molecular formula is C24H16BrI2NO4. The minimum atomic E-state index is -0.497. The number of nitrogens with zero attached hydrogens (tertiary/aromatic N) is 1. The van der Waals surface area contributed by atoms with Gasteiger partial charge in [0.25, 0.3) is 0 Å². The van der Waals surface area contributed by atoms with Gasteiger partial charge in [0.2, 0.25) is 5.90 Å². The highest BCUT2D eigenvalue weighted by molar-refractivity contribution is 14.1. The van der Waals surface area contributed by atoms with Gasteiger partial charge < -0.3 is 14.2 Å². The molecule has 1 aliphatic heterocycles. The van der Waals surface area contributed by atoms with E-state index in [2.05, 4.69) is 66.1 Å². The maximum atomic E-state index is 12.4. The van der Waals surface area contributed by atoms with Gasteiger partial charge in [-0.3, -0.25) is 0 Å². The van der Waals surface area contributed by atoms with Crippen LogP contribution >= 0.6 is 61.1 Å². The van der Waals surface area contributed by atoms with E-state index in [0.29, 0.717) is 18.1 Å². The third kappa shape index (κ3) is 5.18. The second-order valence-electron chi connectivity index (χ2n) is 6.73. The van der Waals surface area contributed by atoms with Crippen molar-refractivity contribution in [3.05, 3.63) is 94.7 Å². The highest BCUT2D eigenvalue weighted by Gasteiger charge is 2.25. The van der Waals surface area contributed by atoms with Gasteiger partial charge in [-0.2, -0.15) is 0 Å². The number of aliphatic imine (C=N–C) groups is 1. The molecule has 0 N–H and O–H groups in total. The molecule has 0 atom stereocenters. The van der Waals surface area contributed by atoms with Crippen LogP contribution in [0.15, 0.2) is 75.8 Å². The van der Waals surface area contributed by atoms with Crippen LogP contribution in [-0.4, -0.2) is 19.0 Å². The lowest BCUT2D eigenvalue weighted by molar-refractivity contribution is -0.129. The summed E-state index contributed by atoms with van der Waals surface area (Å²) < 4.78 is 19.8. The van der Waals surface area contributed by atoms with Crippen molar-refractivity contribution < 1.29 is 19.0 Å². The SMILES string of the molecule is COc1cc(/C=C2\N=C(c3ccccc3Br)OC2=O)cc(I)c1OCc1ccccc1I. The normalized spacial score (nSPS) is 14.3. The Morgan fingerprint density at radius 2 is 1.81 bits per heavy atom. The summed E-state index contributed by atoms with van der Waals surface area (Å²) in [6, 6.07) is 19.3. The maximum absolute atomic E-state index is 12.4. The Kier molecular flexibility index (Phi) is 7.51. The van der Waals surface area contributed by atoms with Gasteiger partial charge in [-0.25, -0.2) is 9.79 Å². The molecule has 0 radical (unpaired) electrons. The Labute approximate surface area is 221 Å². The number of hydrogen-bond donors (Lipinski definition) is 0. The molecule has 32 heavy (non-hydrogen) atoms. The summed E-state index contributed by atoms with van der Waals surface area (Å²) in [6.45, 7) is 0.428. The molecule has 0 saturated heterocycles. The highest BCUT2D eigenvalue weighted by Crippen LogP contribution is 2.36. The zero-order valence-corrected chi connectivity index (χ0v) is 22.7. The van der Waals surface area contributed by atoms with Gasteiger partial charge in [-0.1, -0.05) is 30.3 Å². The molecule has 0 aromatic heterocycles. The average molecular weight is 716 g/mol. The zero-order chi connectivity index (χ0) is 22.7. The van der Waals surface area contributed by atoms with Gasteiger partial charge in [-0.05, 0) is 103 Å². The third-order valence-corrected chi connectivity index (χ3v) is 7.15. The molecule has 3 aromatic rings. The first-order chi connectivity index (χ1) is 15.5. The molecule has 0 fully saturated rings. The van der Waals surface area contributed by atoms with Crippen molar-refractivity contribution in [2.75, 3.05) is 7.11 Å². The number of cyclic esters (lactones) is 1. The summed E-state index contributed by atoms with van der Waals surface area (Å²) in [6.07, 6.45) is 1.68. The smallest absolute Gasteiger partial charge is 0.363 e. The molecule has 1 aliphatic rings. The Hall–Kier alpha value is -1.92. The molecule has 162 valence electrons. The van der Waals surface area contributed by atoms with E-state index in [9.17, 15) is 4.79 Å². The van der Waals surface area contributed by atoms with Gasteiger partial charge >= 0.3 is 5.97 Å². The number of halogens is 3. The van der Waals surface area contributed by atoms with Crippen molar-refractivity contribution in [2.24, 2.45) is 4.99 Å². The maximum Gasteiger partial charge on any atom is 0.363 e. The van der Waals surface area contributed by atoms with Crippen LogP contribution < -0.4 is 9.47 Å². The van der Waals surface area contributed by atoms with Crippen molar-refractivity contribution in [1.82, 2.24) is 0 Å². The van der Waals surface area contributed by atoms with E-state index in [4.69, 9.17) is 14.2 Å². The van der Waals surface area contributed by atoms with Crippen LogP contribution in [0.4, 0.5) is 0 Å². The fourth-order valence-corrected chi connectivity index (χ4v) is 4.82. The highest BCUT2D eigenvalue weighted by atomic mass is 127. The van der Waals surface area contributed by atoms with E-state index < -0.39 is 5.97 Å². The lowest BCUT2D eigenvalue weighted by Gasteiger charge is -2.14. The first-order valence-electron chi connectivity index (χ1n) is 9.47. The number of benzene rings is 3. The Balaban J connectivity index is 1.61. The molecule has 1 heterocycles. The predicted octanol–water partition coefficient (Wildman–Crippen LogP) is 6.59. The number of ether oxygens (including phenoxy) is 3. The van der Waals surface area contributed by atoms with Crippen molar-refractivity contribution in [3.8, 4) is 11.5 Å². The van der Waals surface area contributed by atoms with Gasteiger partial charge in [0.15, 0.2) is 17.2 Å². The molecule has 0 spiro atoms. The van der Waals surface area contributed by atoms with Crippen molar-refractivity contribution >= 4 is 79.1 Å². The fraction of sp³-hybridized carbons (Fsp3) is 0.0833. The summed E-state index contributed by atoms with van der Waals surface area (Å²) >= 11 is 7.96. The standard InChI is InChI=1S/C24H16BrI2NO4/c1-30-21-12-14(10-19(27)22(21)31-13-15-6-2-5-9-18(15)26)11-20-24(29)32-23(28-20)16-7-3-4-8-17(16)25/h2-12H,13H2,1H3/b20-11-. The van der Waals surface area contributed by atoms with Gasteiger partial charge in [0, 0.05) is 13.6 Å². The monoisotopic (exact) mass is 715 g/mol. The lowest BCUT2D eigenvalue weighted by Crippen LogP contribution is -2.06. The van der Waals surface area contributed by atoms with Crippen molar-refractivity contribution in [2.45, 2.75) is 6.61 Å². The van der Waals surface area contributed by atoms with Gasteiger partial charge in [0.05, 0.1) is 16.2 Å². The van der Waals surface area contributed by atoms with Crippen LogP contribution in [0.3, 0.4) is 0 Å². The third-order valence-electron chi connectivity index (χ3n) is 4.61. The molecular weight excluding hydrogens is 700 g/mol. The van der Waals surface area contributed by atoms with Crippen LogP contribution in [0.25, 0.3) is 6.08 Å². The molecule has 8 heteroatoms. The largest absolute Gasteiger partial charge is 0.493 e. The molecule has 3 aromatic carbocycles. The zero-order valence-electron chi connectivity index (χ0n) is 16.8. The van der Waals surface area contributed by atoms with Crippen molar-refractivity contribution in [3.63, 3.8) is 0 Å². The Morgan fingerprint density at radius 1 is 1.06 bits per heavy atom. The molecule has 0 amide bonds. The van der Waals surface area contributed by atoms with E-state index >= 15 is 0 Å². The summed E-state index contributed by atoms with van der Waals surface area (Å²) in [5.41, 5.74) is 2.80. The van der Waals surface area contributed by atoms with E-state index in [1.54, 1.807) is 13.2 Å². The second-order valence-corrected chi connectivity index (χ2v) is 9.91. The summed E-state index contributed by atoms with van der Waals surface area (Å²) in [4.78, 5) is 16.8. The summed E-state index contributed by atoms with van der Waals surface area (Å²) in [7, 11) is 1.59. The van der Waals surface area contributed by atoms with Crippen LogP contribution in [0, 0.1) is 7.14 Å². The number of methoxy groups -OCH3 is 1. The minimum Gasteiger partial charge on any atom is -0.493 e. The Bertz CT molecular complexity index is 1260. The van der Waals surface area contributed by atoms with Gasteiger partial charge in [-0.15, -0.1) is 0 Å². The van der Waals surface area contributed by atoms with Gasteiger partial charge in [0.1, 0.15) is 6.61 Å². The van der Waals surface area contributed by atoms with E-state index in [-0.39, 0.29) is 11.6 Å². The minimum absolute atomic E-state index is 0.223. The van der Waals surface area contributed by atoms with E-state index in [0.717, 1.165) is 28.3 Å². The fourth-order valence-electron chi connectivity index (χ4n) is 3.05. The number of esters is 1. The molecule has 0 aliphatic carbocycles. The first kappa shape index (κ1) is 23.2. The lowest BCUT2D eigenvalue weighted by atomic mass is 10.1. The van der Waals surface area contributed by atoms with E-state index in [1.807, 2.05) is 60.7 Å². The number of hydrogen-bond acceptors (Lipinski definition) is 5. The van der Waals surface area contributed by atoms with E-state index in [1.165, 1.54) is 0 Å².